The molecule has 1 aromatic carbocycles. The summed E-state index contributed by atoms with van der Waals surface area (Å²) in [5, 5.41) is 11.8. The van der Waals surface area contributed by atoms with E-state index >= 15 is 0 Å². The molecule has 0 aromatic heterocycles. The van der Waals surface area contributed by atoms with Crippen molar-refractivity contribution in [3.8, 4) is 0 Å². The van der Waals surface area contributed by atoms with Crippen molar-refractivity contribution < 1.29 is 9.60 Å². The lowest BCUT2D eigenvalue weighted by atomic mass is 10.2. The van der Waals surface area contributed by atoms with Crippen LogP contribution < -0.4 is 5.73 Å². The summed E-state index contributed by atoms with van der Waals surface area (Å²) >= 11 is 5.79. The van der Waals surface area contributed by atoms with Crippen molar-refractivity contribution in [2.45, 2.75) is 13.0 Å². The fourth-order valence-electron chi connectivity index (χ4n) is 1.39. The first-order chi connectivity index (χ1) is 8.02. The maximum atomic E-state index is 13.4. The van der Waals surface area contributed by atoms with Gasteiger partial charge in [-0.3, -0.25) is 0 Å². The van der Waals surface area contributed by atoms with Gasteiger partial charge in [0.1, 0.15) is 11.7 Å². The van der Waals surface area contributed by atoms with Crippen LogP contribution >= 0.6 is 11.6 Å². The second-order valence-corrected chi connectivity index (χ2v) is 4.25. The third-order valence-electron chi connectivity index (χ3n) is 2.33. The molecule has 0 fully saturated rings. The summed E-state index contributed by atoms with van der Waals surface area (Å²) in [4.78, 5) is 1.87. The van der Waals surface area contributed by atoms with Gasteiger partial charge in [-0.25, -0.2) is 4.39 Å². The highest BCUT2D eigenvalue weighted by molar-refractivity contribution is 6.30. The van der Waals surface area contributed by atoms with Crippen LogP contribution in [0.1, 0.15) is 12.0 Å². The molecule has 6 heteroatoms. The number of rotatable bonds is 5. The fraction of sp³-hybridized carbons (Fsp3) is 0.364. The van der Waals surface area contributed by atoms with Gasteiger partial charge >= 0.3 is 0 Å². The number of amidine groups is 1. The van der Waals surface area contributed by atoms with Crippen molar-refractivity contribution in [2.75, 3.05) is 13.6 Å². The average Bonchev–Trinajstić information content (AvgIpc) is 2.30. The standard InChI is InChI=1S/C11H15ClFN3O/c1-16(5-4-11(14)15-17)7-8-6-9(12)2-3-10(8)13/h2-3,6,17H,4-5,7H2,1H3,(H2,14,15). The smallest absolute Gasteiger partial charge is 0.140 e. The van der Waals surface area contributed by atoms with Gasteiger partial charge in [0, 0.05) is 30.1 Å². The summed E-state index contributed by atoms with van der Waals surface area (Å²) in [5.74, 6) is -0.131. The molecule has 0 saturated heterocycles. The summed E-state index contributed by atoms with van der Waals surface area (Å²) in [5.41, 5.74) is 5.87. The van der Waals surface area contributed by atoms with Crippen molar-refractivity contribution in [1.29, 1.82) is 0 Å². The van der Waals surface area contributed by atoms with Crippen LogP contribution in [0.25, 0.3) is 0 Å². The largest absolute Gasteiger partial charge is 0.409 e. The first kappa shape index (κ1) is 13.7. The third-order valence-corrected chi connectivity index (χ3v) is 2.56. The molecule has 4 nitrogen and oxygen atoms in total. The predicted molar refractivity (Wildman–Crippen MR) is 65.8 cm³/mol. The molecule has 0 heterocycles. The molecule has 0 radical (unpaired) electrons. The van der Waals surface area contributed by atoms with E-state index in [2.05, 4.69) is 5.16 Å². The highest BCUT2D eigenvalue weighted by atomic mass is 35.5. The van der Waals surface area contributed by atoms with Gasteiger partial charge in [0.2, 0.25) is 0 Å². The lowest BCUT2D eigenvalue weighted by molar-refractivity contribution is 0.308. The summed E-state index contributed by atoms with van der Waals surface area (Å²) < 4.78 is 13.4. The Morgan fingerprint density at radius 2 is 2.29 bits per heavy atom. The van der Waals surface area contributed by atoms with Gasteiger partial charge in [0.05, 0.1) is 0 Å². The molecule has 3 N–H and O–H groups in total. The zero-order chi connectivity index (χ0) is 12.8. The first-order valence-electron chi connectivity index (χ1n) is 5.12. The number of nitrogens with zero attached hydrogens (tertiary/aromatic N) is 2. The summed E-state index contributed by atoms with van der Waals surface area (Å²) in [6, 6.07) is 4.45. The van der Waals surface area contributed by atoms with E-state index < -0.39 is 0 Å². The van der Waals surface area contributed by atoms with Crippen molar-refractivity contribution in [1.82, 2.24) is 4.90 Å². The van der Waals surface area contributed by atoms with E-state index in [1.165, 1.54) is 12.1 Å². The molecular weight excluding hydrogens is 245 g/mol. The zero-order valence-electron chi connectivity index (χ0n) is 9.53. The molecule has 94 valence electrons. The number of hydrogen-bond donors (Lipinski definition) is 2. The number of oxime groups is 1. The van der Waals surface area contributed by atoms with Crippen molar-refractivity contribution in [3.05, 3.63) is 34.6 Å². The molecular formula is C11H15ClFN3O. The Morgan fingerprint density at radius 3 is 2.94 bits per heavy atom. The van der Waals surface area contributed by atoms with Crippen molar-refractivity contribution >= 4 is 17.4 Å². The Hall–Kier alpha value is -1.33. The Balaban J connectivity index is 2.55. The number of nitrogens with two attached hydrogens (primary N) is 1. The van der Waals surface area contributed by atoms with Crippen LogP contribution in [0.2, 0.25) is 5.02 Å². The Kier molecular flexibility index (Phi) is 5.18. The molecule has 1 rings (SSSR count). The molecule has 0 aliphatic rings. The molecule has 0 bridgehead atoms. The van der Waals surface area contributed by atoms with Crippen molar-refractivity contribution in [3.63, 3.8) is 0 Å². The summed E-state index contributed by atoms with van der Waals surface area (Å²) in [6.45, 7) is 0.993. The third kappa shape index (κ3) is 4.58. The van der Waals surface area contributed by atoms with Crippen LogP contribution in [-0.2, 0) is 6.54 Å². The lowest BCUT2D eigenvalue weighted by Gasteiger charge is -2.16. The van der Waals surface area contributed by atoms with E-state index in [9.17, 15) is 4.39 Å². The minimum Gasteiger partial charge on any atom is -0.409 e. The summed E-state index contributed by atoms with van der Waals surface area (Å²) in [7, 11) is 1.82. The van der Waals surface area contributed by atoms with E-state index in [4.69, 9.17) is 22.5 Å². The molecule has 0 aliphatic carbocycles. The minimum absolute atomic E-state index is 0.156. The van der Waals surface area contributed by atoms with Crippen LogP contribution in [0.4, 0.5) is 4.39 Å². The van der Waals surface area contributed by atoms with Gasteiger partial charge in [-0.1, -0.05) is 16.8 Å². The molecule has 1 aromatic rings. The summed E-state index contributed by atoms with van der Waals surface area (Å²) in [6.07, 6.45) is 0.426. The predicted octanol–water partition coefficient (Wildman–Crippen LogP) is 2.05. The van der Waals surface area contributed by atoms with E-state index in [1.807, 2.05) is 11.9 Å². The van der Waals surface area contributed by atoms with Gasteiger partial charge in [-0.2, -0.15) is 0 Å². The van der Waals surface area contributed by atoms with Crippen LogP contribution in [0, 0.1) is 5.82 Å². The Bertz CT molecular complexity index is 412. The van der Waals surface area contributed by atoms with Crippen LogP contribution in [0.3, 0.4) is 0 Å². The number of hydrogen-bond acceptors (Lipinski definition) is 3. The van der Waals surface area contributed by atoms with Crippen LogP contribution in [0.15, 0.2) is 23.4 Å². The quantitative estimate of drug-likeness (QED) is 0.368. The highest BCUT2D eigenvalue weighted by Gasteiger charge is 2.07. The fourth-order valence-corrected chi connectivity index (χ4v) is 1.58. The molecule has 0 saturated carbocycles. The number of halogens is 2. The van der Waals surface area contributed by atoms with Gasteiger partial charge in [0.25, 0.3) is 0 Å². The van der Waals surface area contributed by atoms with Gasteiger partial charge < -0.3 is 15.8 Å². The Labute approximate surface area is 104 Å². The van der Waals surface area contributed by atoms with E-state index in [-0.39, 0.29) is 11.7 Å². The van der Waals surface area contributed by atoms with E-state index in [0.717, 1.165) is 0 Å². The zero-order valence-corrected chi connectivity index (χ0v) is 10.3. The van der Waals surface area contributed by atoms with Crippen molar-refractivity contribution in [2.24, 2.45) is 10.9 Å². The van der Waals surface area contributed by atoms with Crippen LogP contribution in [-0.4, -0.2) is 29.5 Å². The van der Waals surface area contributed by atoms with E-state index in [0.29, 0.717) is 30.1 Å². The lowest BCUT2D eigenvalue weighted by Crippen LogP contribution is -2.24. The second-order valence-electron chi connectivity index (χ2n) is 3.81. The van der Waals surface area contributed by atoms with Gasteiger partial charge in [-0.05, 0) is 25.2 Å². The molecule has 0 atom stereocenters. The average molecular weight is 260 g/mol. The molecule has 0 spiro atoms. The first-order valence-corrected chi connectivity index (χ1v) is 5.49. The van der Waals surface area contributed by atoms with Gasteiger partial charge in [0.15, 0.2) is 0 Å². The second kappa shape index (κ2) is 6.42. The normalized spacial score (nSPS) is 12.1. The molecule has 0 aliphatic heterocycles. The topological polar surface area (TPSA) is 61.8 Å². The van der Waals surface area contributed by atoms with E-state index in [1.54, 1.807) is 6.07 Å². The highest BCUT2D eigenvalue weighted by Crippen LogP contribution is 2.16. The maximum Gasteiger partial charge on any atom is 0.140 e. The SMILES string of the molecule is CN(CC/C(N)=N/O)Cc1cc(Cl)ccc1F. The monoisotopic (exact) mass is 259 g/mol. The molecule has 17 heavy (non-hydrogen) atoms. The van der Waals surface area contributed by atoms with Gasteiger partial charge in [-0.15, -0.1) is 0 Å². The number of benzene rings is 1. The minimum atomic E-state index is -0.287. The maximum absolute atomic E-state index is 13.4. The Morgan fingerprint density at radius 1 is 1.59 bits per heavy atom. The van der Waals surface area contributed by atoms with Crippen LogP contribution in [0.5, 0.6) is 0 Å². The molecule has 0 amide bonds. The molecule has 0 unspecified atom stereocenters.